The lowest BCUT2D eigenvalue weighted by atomic mass is 9.95. The van der Waals surface area contributed by atoms with E-state index in [1.807, 2.05) is 0 Å². The van der Waals surface area contributed by atoms with Gasteiger partial charge in [-0.1, -0.05) is 0 Å². The summed E-state index contributed by atoms with van der Waals surface area (Å²) in [5.41, 5.74) is 0. The van der Waals surface area contributed by atoms with Gasteiger partial charge >= 0.3 is 0 Å². The quantitative estimate of drug-likeness (QED) is 0.702. The van der Waals surface area contributed by atoms with Gasteiger partial charge in [-0.15, -0.1) is 0 Å². The molecule has 3 heteroatoms. The van der Waals surface area contributed by atoms with Gasteiger partial charge in [-0.25, -0.2) is 0 Å². The molecule has 0 amide bonds. The first kappa shape index (κ1) is 12.9. The average molecular weight is 251 g/mol. The minimum absolute atomic E-state index is 0.787. The topological polar surface area (TPSA) is 27.3 Å². The molecule has 0 aromatic carbocycles. The molecule has 1 saturated carbocycles. The molecule has 2 N–H and O–H groups in total. The maximum absolute atomic E-state index is 3.77. The minimum atomic E-state index is 0.787. The van der Waals surface area contributed by atoms with Gasteiger partial charge in [-0.05, 0) is 70.5 Å². The van der Waals surface area contributed by atoms with Gasteiger partial charge in [0.15, 0.2) is 0 Å². The third kappa shape index (κ3) is 3.69. The highest BCUT2D eigenvalue weighted by Crippen LogP contribution is 2.29. The smallest absolute Gasteiger partial charge is 0.0207 e. The Kier molecular flexibility index (Phi) is 4.55. The maximum Gasteiger partial charge on any atom is 0.0207 e. The van der Waals surface area contributed by atoms with Crippen LogP contribution in [0.1, 0.15) is 44.9 Å². The summed E-state index contributed by atoms with van der Waals surface area (Å²) in [5, 5.41) is 7.29. The molecular formula is C15H29N3. The Morgan fingerprint density at radius 1 is 1.17 bits per heavy atom. The number of rotatable bonds is 6. The van der Waals surface area contributed by atoms with Crippen molar-refractivity contribution in [1.82, 2.24) is 15.5 Å². The zero-order valence-electron chi connectivity index (χ0n) is 11.7. The summed E-state index contributed by atoms with van der Waals surface area (Å²) in [4.78, 5) is 2.70. The van der Waals surface area contributed by atoms with E-state index in [0.29, 0.717) is 0 Å². The van der Waals surface area contributed by atoms with Crippen LogP contribution < -0.4 is 10.6 Å². The third-order valence-corrected chi connectivity index (χ3v) is 4.90. The Balaban J connectivity index is 1.24. The van der Waals surface area contributed by atoms with Gasteiger partial charge in [0.05, 0.1) is 0 Å². The molecule has 0 aromatic heterocycles. The van der Waals surface area contributed by atoms with E-state index in [4.69, 9.17) is 0 Å². The molecule has 0 radical (unpaired) electrons. The maximum atomic E-state index is 3.77. The molecule has 2 aliphatic heterocycles. The summed E-state index contributed by atoms with van der Waals surface area (Å²) in [5.74, 6) is 0.951. The van der Waals surface area contributed by atoms with Crippen LogP contribution in [-0.2, 0) is 0 Å². The average Bonchev–Trinajstić information content (AvgIpc) is 3.16. The molecule has 1 aliphatic carbocycles. The van der Waals surface area contributed by atoms with E-state index in [1.54, 1.807) is 0 Å². The summed E-state index contributed by atoms with van der Waals surface area (Å²) in [6.45, 7) is 6.40. The molecule has 2 saturated heterocycles. The van der Waals surface area contributed by atoms with E-state index in [1.165, 1.54) is 77.7 Å². The van der Waals surface area contributed by atoms with Crippen LogP contribution in [0.15, 0.2) is 0 Å². The van der Waals surface area contributed by atoms with Crippen molar-refractivity contribution < 1.29 is 0 Å². The number of hydrogen-bond donors (Lipinski definition) is 2. The van der Waals surface area contributed by atoms with E-state index >= 15 is 0 Å². The molecule has 2 atom stereocenters. The van der Waals surface area contributed by atoms with E-state index in [2.05, 4.69) is 15.5 Å². The fraction of sp³-hybridized carbons (Fsp3) is 1.00. The van der Waals surface area contributed by atoms with Crippen molar-refractivity contribution >= 4 is 0 Å². The van der Waals surface area contributed by atoms with Crippen molar-refractivity contribution in [3.05, 3.63) is 0 Å². The molecule has 3 nitrogen and oxygen atoms in total. The Morgan fingerprint density at radius 2 is 2.11 bits per heavy atom. The SMILES string of the molecule is C1CNCC(CCCNC2CCN(C3CC3)C2)C1. The van der Waals surface area contributed by atoms with Crippen molar-refractivity contribution in [1.29, 1.82) is 0 Å². The first-order valence-corrected chi connectivity index (χ1v) is 8.10. The Morgan fingerprint density at radius 3 is 2.89 bits per heavy atom. The Bertz CT molecular complexity index is 246. The second kappa shape index (κ2) is 6.36. The number of nitrogens with zero attached hydrogens (tertiary/aromatic N) is 1. The van der Waals surface area contributed by atoms with Gasteiger partial charge in [0.1, 0.15) is 0 Å². The van der Waals surface area contributed by atoms with E-state index in [0.717, 1.165) is 18.0 Å². The number of hydrogen-bond acceptors (Lipinski definition) is 3. The zero-order valence-corrected chi connectivity index (χ0v) is 11.7. The first-order chi connectivity index (χ1) is 8.92. The second-order valence-corrected chi connectivity index (χ2v) is 6.52. The highest BCUT2D eigenvalue weighted by Gasteiger charge is 2.33. The van der Waals surface area contributed by atoms with Gasteiger partial charge < -0.3 is 10.6 Å². The summed E-state index contributed by atoms with van der Waals surface area (Å²) < 4.78 is 0. The summed E-state index contributed by atoms with van der Waals surface area (Å²) in [6.07, 6.45) is 9.92. The Labute approximate surface area is 112 Å². The molecule has 3 fully saturated rings. The van der Waals surface area contributed by atoms with E-state index in [9.17, 15) is 0 Å². The van der Waals surface area contributed by atoms with Gasteiger partial charge in [0, 0.05) is 25.2 Å². The van der Waals surface area contributed by atoms with Crippen LogP contribution in [0.4, 0.5) is 0 Å². The fourth-order valence-electron chi connectivity index (χ4n) is 3.59. The normalized spacial score (nSPS) is 34.0. The second-order valence-electron chi connectivity index (χ2n) is 6.52. The lowest BCUT2D eigenvalue weighted by Gasteiger charge is -2.23. The fourth-order valence-corrected chi connectivity index (χ4v) is 3.59. The van der Waals surface area contributed by atoms with Crippen LogP contribution in [0, 0.1) is 5.92 Å². The highest BCUT2D eigenvalue weighted by molar-refractivity contribution is 4.91. The Hall–Kier alpha value is -0.120. The standard InChI is InChI=1S/C15H29N3/c1-3-13(11-16-8-1)4-2-9-17-14-7-10-18(12-14)15-5-6-15/h13-17H,1-12H2. The van der Waals surface area contributed by atoms with Crippen LogP contribution in [0.5, 0.6) is 0 Å². The van der Waals surface area contributed by atoms with Gasteiger partial charge in [0.25, 0.3) is 0 Å². The van der Waals surface area contributed by atoms with Crippen LogP contribution in [0.25, 0.3) is 0 Å². The van der Waals surface area contributed by atoms with Crippen molar-refractivity contribution in [3.8, 4) is 0 Å². The van der Waals surface area contributed by atoms with Gasteiger partial charge in [-0.3, -0.25) is 4.90 Å². The van der Waals surface area contributed by atoms with Crippen LogP contribution in [-0.4, -0.2) is 49.7 Å². The molecular weight excluding hydrogens is 222 g/mol. The highest BCUT2D eigenvalue weighted by atomic mass is 15.2. The molecule has 18 heavy (non-hydrogen) atoms. The van der Waals surface area contributed by atoms with Gasteiger partial charge in [-0.2, -0.15) is 0 Å². The zero-order chi connectivity index (χ0) is 12.2. The van der Waals surface area contributed by atoms with Crippen molar-refractivity contribution in [2.45, 2.75) is 57.0 Å². The number of piperidine rings is 1. The number of likely N-dealkylation sites (tertiary alicyclic amines) is 1. The van der Waals surface area contributed by atoms with Crippen LogP contribution in [0.2, 0.25) is 0 Å². The third-order valence-electron chi connectivity index (χ3n) is 4.90. The first-order valence-electron chi connectivity index (χ1n) is 8.10. The lowest BCUT2D eigenvalue weighted by Crippen LogP contribution is -2.34. The van der Waals surface area contributed by atoms with E-state index < -0.39 is 0 Å². The van der Waals surface area contributed by atoms with Crippen LogP contribution in [0.3, 0.4) is 0 Å². The predicted molar refractivity (Wildman–Crippen MR) is 75.8 cm³/mol. The molecule has 3 aliphatic rings. The summed E-state index contributed by atoms with van der Waals surface area (Å²) in [6, 6.07) is 1.75. The molecule has 0 bridgehead atoms. The molecule has 3 rings (SSSR count). The van der Waals surface area contributed by atoms with Crippen molar-refractivity contribution in [2.75, 3.05) is 32.7 Å². The summed E-state index contributed by atoms with van der Waals surface area (Å²) in [7, 11) is 0. The lowest BCUT2D eigenvalue weighted by molar-refractivity contribution is 0.314. The van der Waals surface area contributed by atoms with Gasteiger partial charge in [0.2, 0.25) is 0 Å². The molecule has 2 heterocycles. The number of nitrogens with one attached hydrogen (secondary N) is 2. The molecule has 104 valence electrons. The predicted octanol–water partition coefficient (Wildman–Crippen LogP) is 1.59. The van der Waals surface area contributed by atoms with Crippen molar-refractivity contribution in [2.24, 2.45) is 5.92 Å². The molecule has 0 spiro atoms. The van der Waals surface area contributed by atoms with E-state index in [-0.39, 0.29) is 0 Å². The largest absolute Gasteiger partial charge is 0.316 e. The molecule has 0 aromatic rings. The monoisotopic (exact) mass is 251 g/mol. The minimum Gasteiger partial charge on any atom is -0.316 e. The molecule has 2 unspecified atom stereocenters. The summed E-state index contributed by atoms with van der Waals surface area (Å²) >= 11 is 0. The van der Waals surface area contributed by atoms with Crippen molar-refractivity contribution in [3.63, 3.8) is 0 Å². The van der Waals surface area contributed by atoms with Crippen LogP contribution >= 0.6 is 0 Å².